The molecule has 0 aliphatic carbocycles. The molecule has 2 bridgehead atoms. The van der Waals surface area contributed by atoms with E-state index in [2.05, 4.69) is 15.7 Å². The van der Waals surface area contributed by atoms with Crippen LogP contribution < -0.4 is 10.6 Å². The highest BCUT2D eigenvalue weighted by Crippen LogP contribution is 2.26. The van der Waals surface area contributed by atoms with Crippen molar-refractivity contribution in [3.8, 4) is 0 Å². The average Bonchev–Trinajstić information content (AvgIpc) is 2.85. The van der Waals surface area contributed by atoms with Crippen molar-refractivity contribution in [1.82, 2.24) is 20.4 Å². The van der Waals surface area contributed by atoms with E-state index in [1.807, 2.05) is 31.3 Å². The number of benzene rings is 1. The first kappa shape index (κ1) is 13.8. The number of rotatable bonds is 2. The van der Waals surface area contributed by atoms with E-state index in [1.165, 1.54) is 19.3 Å². The minimum Gasteiger partial charge on any atom is -0.348 e. The molecule has 2 fully saturated rings. The lowest BCUT2D eigenvalue weighted by Crippen LogP contribution is -2.54. The van der Waals surface area contributed by atoms with Crippen molar-refractivity contribution in [2.75, 3.05) is 0 Å². The van der Waals surface area contributed by atoms with E-state index in [1.54, 1.807) is 4.68 Å². The lowest BCUT2D eigenvalue weighted by molar-refractivity contribution is 0.0903. The summed E-state index contributed by atoms with van der Waals surface area (Å²) < 4.78 is 1.78. The molecule has 2 saturated heterocycles. The van der Waals surface area contributed by atoms with Crippen molar-refractivity contribution < 1.29 is 4.79 Å². The van der Waals surface area contributed by atoms with Gasteiger partial charge in [0, 0.05) is 30.6 Å². The van der Waals surface area contributed by atoms with Crippen molar-refractivity contribution in [2.24, 2.45) is 7.05 Å². The fourth-order valence-corrected chi connectivity index (χ4v) is 4.02. The summed E-state index contributed by atoms with van der Waals surface area (Å²) >= 11 is 0. The average molecular weight is 298 g/mol. The fraction of sp³-hybridized carbons (Fsp3) is 0.529. The maximum Gasteiger partial charge on any atom is 0.272 e. The minimum absolute atomic E-state index is 0.0400. The van der Waals surface area contributed by atoms with Gasteiger partial charge in [0.05, 0.1) is 5.52 Å². The van der Waals surface area contributed by atoms with Crippen LogP contribution in [0.25, 0.3) is 10.9 Å². The van der Waals surface area contributed by atoms with Crippen molar-refractivity contribution in [1.29, 1.82) is 0 Å². The van der Waals surface area contributed by atoms with Gasteiger partial charge in [0.1, 0.15) is 0 Å². The van der Waals surface area contributed by atoms with E-state index in [0.29, 0.717) is 17.8 Å². The van der Waals surface area contributed by atoms with Crippen LogP contribution in [0.5, 0.6) is 0 Å². The van der Waals surface area contributed by atoms with Crippen LogP contribution in [0.2, 0.25) is 0 Å². The topological polar surface area (TPSA) is 59.0 Å². The second kappa shape index (κ2) is 5.39. The van der Waals surface area contributed by atoms with E-state index in [9.17, 15) is 4.79 Å². The van der Waals surface area contributed by atoms with Crippen LogP contribution in [0, 0.1) is 0 Å². The van der Waals surface area contributed by atoms with Gasteiger partial charge in [-0.05, 0) is 31.7 Å². The molecule has 22 heavy (non-hydrogen) atoms. The molecule has 4 rings (SSSR count). The Balaban J connectivity index is 1.54. The Morgan fingerprint density at radius 1 is 1.27 bits per heavy atom. The highest BCUT2D eigenvalue weighted by atomic mass is 16.2. The molecule has 2 aliphatic heterocycles. The van der Waals surface area contributed by atoms with Crippen LogP contribution in [0.15, 0.2) is 24.3 Å². The van der Waals surface area contributed by atoms with Crippen molar-refractivity contribution in [3.63, 3.8) is 0 Å². The van der Waals surface area contributed by atoms with Gasteiger partial charge in [0.2, 0.25) is 0 Å². The number of carbonyl (C=O) groups is 1. The summed E-state index contributed by atoms with van der Waals surface area (Å²) in [5.41, 5.74) is 1.54. The molecule has 0 saturated carbocycles. The van der Waals surface area contributed by atoms with Gasteiger partial charge in [-0.3, -0.25) is 9.48 Å². The SMILES string of the molecule is Cn1nc(C(=O)N[C@H]2C[C@H]3CCC[C@@H](C2)N3)c2ccccc21. The zero-order valence-electron chi connectivity index (χ0n) is 12.9. The first-order chi connectivity index (χ1) is 10.7. The Kier molecular flexibility index (Phi) is 3.37. The number of aryl methyl sites for hydroxylation is 1. The first-order valence-electron chi connectivity index (χ1n) is 8.19. The normalized spacial score (nSPS) is 27.8. The molecule has 0 unspecified atom stereocenters. The van der Waals surface area contributed by atoms with Gasteiger partial charge in [-0.1, -0.05) is 24.6 Å². The maximum atomic E-state index is 12.7. The molecule has 2 aromatic rings. The van der Waals surface area contributed by atoms with Gasteiger partial charge in [0.15, 0.2) is 5.69 Å². The smallest absolute Gasteiger partial charge is 0.272 e. The Labute approximate surface area is 130 Å². The molecular weight excluding hydrogens is 276 g/mol. The fourth-order valence-electron chi connectivity index (χ4n) is 4.02. The molecule has 2 N–H and O–H groups in total. The summed E-state index contributed by atoms with van der Waals surface area (Å²) in [7, 11) is 1.88. The van der Waals surface area contributed by atoms with E-state index in [0.717, 1.165) is 23.7 Å². The van der Waals surface area contributed by atoms with Gasteiger partial charge in [-0.15, -0.1) is 0 Å². The molecule has 0 spiro atoms. The van der Waals surface area contributed by atoms with Crippen LogP contribution in [-0.4, -0.2) is 33.8 Å². The zero-order valence-corrected chi connectivity index (χ0v) is 12.9. The molecule has 3 heterocycles. The van der Waals surface area contributed by atoms with Crippen molar-refractivity contribution in [3.05, 3.63) is 30.0 Å². The van der Waals surface area contributed by atoms with Crippen LogP contribution in [0.1, 0.15) is 42.6 Å². The van der Waals surface area contributed by atoms with Gasteiger partial charge in [-0.25, -0.2) is 0 Å². The number of hydrogen-bond donors (Lipinski definition) is 2. The lowest BCUT2D eigenvalue weighted by atomic mass is 9.84. The quantitative estimate of drug-likeness (QED) is 0.891. The monoisotopic (exact) mass is 298 g/mol. The summed E-state index contributed by atoms with van der Waals surface area (Å²) in [6, 6.07) is 9.29. The molecule has 5 heteroatoms. The molecule has 3 atom stereocenters. The van der Waals surface area contributed by atoms with E-state index in [-0.39, 0.29) is 11.9 Å². The van der Waals surface area contributed by atoms with Crippen LogP contribution in [0.4, 0.5) is 0 Å². The first-order valence-corrected chi connectivity index (χ1v) is 8.19. The Morgan fingerprint density at radius 2 is 2.00 bits per heavy atom. The Bertz CT molecular complexity index is 696. The number of aromatic nitrogens is 2. The second-order valence-electron chi connectivity index (χ2n) is 6.62. The molecule has 116 valence electrons. The predicted octanol–water partition coefficient (Wildman–Crippen LogP) is 1.98. The van der Waals surface area contributed by atoms with Crippen LogP contribution in [-0.2, 0) is 7.05 Å². The van der Waals surface area contributed by atoms with Crippen LogP contribution >= 0.6 is 0 Å². The van der Waals surface area contributed by atoms with E-state index < -0.39 is 0 Å². The highest BCUT2D eigenvalue weighted by molar-refractivity contribution is 6.04. The standard InChI is InChI=1S/C17H22N4O/c1-21-15-8-3-2-7-14(15)16(20-21)17(22)19-13-9-11-5-4-6-12(10-13)18-11/h2-3,7-8,11-13,18H,4-6,9-10H2,1H3,(H,19,22)/t11-,12+,13+. The number of amides is 1. The molecule has 2 aliphatic rings. The number of carbonyl (C=O) groups excluding carboxylic acids is 1. The van der Waals surface area contributed by atoms with Crippen molar-refractivity contribution in [2.45, 2.75) is 50.2 Å². The number of fused-ring (bicyclic) bond motifs is 3. The van der Waals surface area contributed by atoms with Gasteiger partial charge in [-0.2, -0.15) is 5.10 Å². The van der Waals surface area contributed by atoms with Crippen molar-refractivity contribution >= 4 is 16.8 Å². The van der Waals surface area contributed by atoms with Gasteiger partial charge >= 0.3 is 0 Å². The maximum absolute atomic E-state index is 12.7. The van der Waals surface area contributed by atoms with E-state index in [4.69, 9.17) is 0 Å². The molecule has 5 nitrogen and oxygen atoms in total. The second-order valence-corrected chi connectivity index (χ2v) is 6.62. The minimum atomic E-state index is -0.0400. The predicted molar refractivity (Wildman–Crippen MR) is 85.8 cm³/mol. The Hall–Kier alpha value is -1.88. The largest absolute Gasteiger partial charge is 0.348 e. The number of nitrogens with one attached hydrogen (secondary N) is 2. The van der Waals surface area contributed by atoms with Gasteiger partial charge < -0.3 is 10.6 Å². The summed E-state index contributed by atoms with van der Waals surface area (Å²) in [5, 5.41) is 12.2. The Morgan fingerprint density at radius 3 is 2.77 bits per heavy atom. The summed E-state index contributed by atoms with van der Waals surface area (Å²) in [6.07, 6.45) is 5.85. The number of hydrogen-bond acceptors (Lipinski definition) is 3. The van der Waals surface area contributed by atoms with Crippen LogP contribution in [0.3, 0.4) is 0 Å². The third-order valence-corrected chi connectivity index (χ3v) is 5.02. The number of nitrogens with zero attached hydrogens (tertiary/aromatic N) is 2. The molecule has 0 radical (unpaired) electrons. The number of piperidine rings is 2. The molecule has 1 aromatic carbocycles. The summed E-state index contributed by atoms with van der Waals surface area (Å²) in [6.45, 7) is 0. The summed E-state index contributed by atoms with van der Waals surface area (Å²) in [5.74, 6) is -0.0400. The van der Waals surface area contributed by atoms with E-state index >= 15 is 0 Å². The highest BCUT2D eigenvalue weighted by Gasteiger charge is 2.32. The third-order valence-electron chi connectivity index (χ3n) is 5.02. The summed E-state index contributed by atoms with van der Waals surface area (Å²) in [4.78, 5) is 12.7. The zero-order chi connectivity index (χ0) is 15.1. The molecule has 1 amide bonds. The third kappa shape index (κ3) is 2.39. The number of para-hydroxylation sites is 1. The molecule has 1 aromatic heterocycles. The lowest BCUT2D eigenvalue weighted by Gasteiger charge is -2.40. The molecular formula is C17H22N4O. The van der Waals surface area contributed by atoms with Gasteiger partial charge in [0.25, 0.3) is 5.91 Å².